The zero-order chi connectivity index (χ0) is 13.2. The molecule has 5 nitrogen and oxygen atoms in total. The minimum Gasteiger partial charge on any atom is -0.263 e. The second-order valence-corrected chi connectivity index (χ2v) is 5.57. The van der Waals surface area contributed by atoms with Gasteiger partial charge in [-0.1, -0.05) is 18.2 Å². The summed E-state index contributed by atoms with van der Waals surface area (Å²) in [6.45, 7) is 1.72. The van der Waals surface area contributed by atoms with Gasteiger partial charge in [0.05, 0.1) is 4.90 Å². The Hall–Kier alpha value is -1.66. The number of nitrogens with zero attached hydrogens (tertiary/aromatic N) is 2. The number of hydrogen-bond acceptors (Lipinski definition) is 4. The second kappa shape index (κ2) is 4.91. The van der Waals surface area contributed by atoms with E-state index in [0.717, 1.165) is 0 Å². The Morgan fingerprint density at radius 3 is 2.61 bits per heavy atom. The molecule has 2 aromatic rings. The molecule has 0 saturated heterocycles. The van der Waals surface area contributed by atoms with Crippen LogP contribution in [-0.2, 0) is 10.0 Å². The van der Waals surface area contributed by atoms with Crippen LogP contribution in [0.15, 0.2) is 41.4 Å². The molecule has 0 radical (unpaired) electrons. The van der Waals surface area contributed by atoms with Crippen molar-refractivity contribution >= 4 is 27.4 Å². The van der Waals surface area contributed by atoms with Gasteiger partial charge in [-0.3, -0.25) is 4.72 Å². The molecule has 94 valence electrons. The van der Waals surface area contributed by atoms with Crippen LogP contribution in [0.3, 0.4) is 0 Å². The van der Waals surface area contributed by atoms with Gasteiger partial charge in [-0.05, 0) is 36.2 Å². The molecular formula is C11H10ClN3O2S. The summed E-state index contributed by atoms with van der Waals surface area (Å²) < 4.78 is 26.6. The predicted molar refractivity (Wildman–Crippen MR) is 69.0 cm³/mol. The average molecular weight is 284 g/mol. The standard InChI is InChI=1S/C11H10ClN3O2S/c1-8-4-2-3-5-9(8)18(16,17)15-10-6-7-13-11(12)14-10/h2-7H,1H3,(H,13,14,15). The fraction of sp³-hybridized carbons (Fsp3) is 0.0909. The van der Waals surface area contributed by atoms with Crippen LogP contribution >= 0.6 is 11.6 Å². The Labute approximate surface area is 110 Å². The fourth-order valence-corrected chi connectivity index (χ4v) is 2.84. The second-order valence-electron chi connectivity index (χ2n) is 3.58. The van der Waals surface area contributed by atoms with E-state index in [1.807, 2.05) is 0 Å². The van der Waals surface area contributed by atoms with Crippen molar-refractivity contribution in [1.29, 1.82) is 0 Å². The molecule has 18 heavy (non-hydrogen) atoms. The first-order valence-corrected chi connectivity index (χ1v) is 6.92. The molecule has 0 amide bonds. The molecule has 0 atom stereocenters. The molecular weight excluding hydrogens is 274 g/mol. The third-order valence-electron chi connectivity index (χ3n) is 2.25. The van der Waals surface area contributed by atoms with Gasteiger partial charge in [0, 0.05) is 6.20 Å². The van der Waals surface area contributed by atoms with E-state index in [4.69, 9.17) is 11.6 Å². The summed E-state index contributed by atoms with van der Waals surface area (Å²) in [7, 11) is -3.66. The summed E-state index contributed by atoms with van der Waals surface area (Å²) in [5.74, 6) is 0.137. The van der Waals surface area contributed by atoms with Gasteiger partial charge >= 0.3 is 0 Å². The maximum Gasteiger partial charge on any atom is 0.263 e. The molecule has 0 aliphatic carbocycles. The highest BCUT2D eigenvalue weighted by atomic mass is 35.5. The van der Waals surface area contributed by atoms with E-state index in [1.54, 1.807) is 25.1 Å². The number of hydrogen-bond donors (Lipinski definition) is 1. The Morgan fingerprint density at radius 1 is 1.22 bits per heavy atom. The van der Waals surface area contributed by atoms with Crippen molar-refractivity contribution in [2.75, 3.05) is 4.72 Å². The number of halogens is 1. The Balaban J connectivity index is 2.37. The van der Waals surface area contributed by atoms with Crippen LogP contribution in [0.25, 0.3) is 0 Å². The molecule has 0 bridgehead atoms. The smallest absolute Gasteiger partial charge is 0.263 e. The monoisotopic (exact) mass is 283 g/mol. The van der Waals surface area contributed by atoms with E-state index in [0.29, 0.717) is 5.56 Å². The molecule has 7 heteroatoms. The first kappa shape index (κ1) is 12.8. The zero-order valence-corrected chi connectivity index (χ0v) is 11.0. The number of rotatable bonds is 3. The van der Waals surface area contributed by atoms with E-state index in [-0.39, 0.29) is 16.0 Å². The summed E-state index contributed by atoms with van der Waals surface area (Å²) in [5, 5.41) is -0.0139. The predicted octanol–water partition coefficient (Wildman–Crippen LogP) is 2.24. The third kappa shape index (κ3) is 2.77. The summed E-state index contributed by atoms with van der Waals surface area (Å²) in [5.41, 5.74) is 0.658. The molecule has 1 heterocycles. The zero-order valence-electron chi connectivity index (χ0n) is 9.46. The van der Waals surface area contributed by atoms with Gasteiger partial charge in [-0.2, -0.15) is 4.98 Å². The van der Waals surface area contributed by atoms with Crippen LogP contribution in [0.5, 0.6) is 0 Å². The molecule has 0 unspecified atom stereocenters. The summed E-state index contributed by atoms with van der Waals surface area (Å²) in [6.07, 6.45) is 1.38. The van der Waals surface area contributed by atoms with Crippen LogP contribution in [0.4, 0.5) is 5.82 Å². The normalized spacial score (nSPS) is 11.2. The minimum absolute atomic E-state index is 0.0139. The first-order chi connectivity index (χ1) is 8.49. The van der Waals surface area contributed by atoms with Gasteiger partial charge in [0.1, 0.15) is 5.82 Å². The van der Waals surface area contributed by atoms with Gasteiger partial charge in [0.25, 0.3) is 10.0 Å². The largest absolute Gasteiger partial charge is 0.263 e. The lowest BCUT2D eigenvalue weighted by atomic mass is 10.2. The number of anilines is 1. The van der Waals surface area contributed by atoms with Crippen molar-refractivity contribution in [3.8, 4) is 0 Å². The van der Waals surface area contributed by atoms with Crippen molar-refractivity contribution in [3.05, 3.63) is 47.4 Å². The summed E-state index contributed by atoms with van der Waals surface area (Å²) >= 11 is 5.59. The summed E-state index contributed by atoms with van der Waals surface area (Å²) in [6, 6.07) is 8.12. The van der Waals surface area contributed by atoms with E-state index >= 15 is 0 Å². The molecule has 2 rings (SSSR count). The SMILES string of the molecule is Cc1ccccc1S(=O)(=O)Nc1ccnc(Cl)n1. The number of benzene rings is 1. The van der Waals surface area contributed by atoms with E-state index in [9.17, 15) is 8.42 Å². The van der Waals surface area contributed by atoms with E-state index in [2.05, 4.69) is 14.7 Å². The highest BCUT2D eigenvalue weighted by Gasteiger charge is 2.16. The molecule has 0 saturated carbocycles. The van der Waals surface area contributed by atoms with Crippen LogP contribution in [0, 0.1) is 6.92 Å². The van der Waals surface area contributed by atoms with Gasteiger partial charge in [0.15, 0.2) is 0 Å². The van der Waals surface area contributed by atoms with Crippen LogP contribution in [-0.4, -0.2) is 18.4 Å². The van der Waals surface area contributed by atoms with Crippen molar-refractivity contribution < 1.29 is 8.42 Å². The van der Waals surface area contributed by atoms with Gasteiger partial charge in [-0.25, -0.2) is 13.4 Å². The highest BCUT2D eigenvalue weighted by Crippen LogP contribution is 2.18. The lowest BCUT2D eigenvalue weighted by Gasteiger charge is -2.09. The lowest BCUT2D eigenvalue weighted by molar-refractivity contribution is 0.600. The van der Waals surface area contributed by atoms with Crippen LogP contribution in [0.2, 0.25) is 5.28 Å². The lowest BCUT2D eigenvalue weighted by Crippen LogP contribution is -2.15. The minimum atomic E-state index is -3.66. The number of aromatic nitrogens is 2. The molecule has 1 aromatic carbocycles. The molecule has 0 aliphatic heterocycles. The topological polar surface area (TPSA) is 72.0 Å². The quantitative estimate of drug-likeness (QED) is 0.877. The van der Waals surface area contributed by atoms with E-state index < -0.39 is 10.0 Å². The fourth-order valence-electron chi connectivity index (χ4n) is 1.44. The number of nitrogens with one attached hydrogen (secondary N) is 1. The maximum absolute atomic E-state index is 12.1. The Morgan fingerprint density at radius 2 is 1.94 bits per heavy atom. The molecule has 0 fully saturated rings. The van der Waals surface area contributed by atoms with E-state index in [1.165, 1.54) is 18.3 Å². The Kier molecular flexibility index (Phi) is 3.49. The third-order valence-corrected chi connectivity index (χ3v) is 3.95. The van der Waals surface area contributed by atoms with Gasteiger partial charge in [-0.15, -0.1) is 0 Å². The van der Waals surface area contributed by atoms with Crippen molar-refractivity contribution in [2.24, 2.45) is 0 Å². The molecule has 0 spiro atoms. The molecule has 1 aromatic heterocycles. The molecule has 0 aliphatic rings. The summed E-state index contributed by atoms with van der Waals surface area (Å²) in [4.78, 5) is 7.67. The molecule has 1 N–H and O–H groups in total. The number of aryl methyl sites for hydroxylation is 1. The number of sulfonamides is 1. The van der Waals surface area contributed by atoms with Crippen molar-refractivity contribution in [2.45, 2.75) is 11.8 Å². The van der Waals surface area contributed by atoms with Gasteiger partial charge in [0.2, 0.25) is 5.28 Å². The van der Waals surface area contributed by atoms with Crippen molar-refractivity contribution in [1.82, 2.24) is 9.97 Å². The average Bonchev–Trinajstić information content (AvgIpc) is 2.28. The highest BCUT2D eigenvalue weighted by molar-refractivity contribution is 7.92. The first-order valence-electron chi connectivity index (χ1n) is 5.06. The van der Waals surface area contributed by atoms with Gasteiger partial charge < -0.3 is 0 Å². The maximum atomic E-state index is 12.1. The van der Waals surface area contributed by atoms with Crippen LogP contribution < -0.4 is 4.72 Å². The van der Waals surface area contributed by atoms with Crippen LogP contribution in [0.1, 0.15) is 5.56 Å². The Bertz CT molecular complexity index is 673. The van der Waals surface area contributed by atoms with Crippen molar-refractivity contribution in [3.63, 3.8) is 0 Å².